The van der Waals surface area contributed by atoms with Gasteiger partial charge in [0.2, 0.25) is 0 Å². The highest BCUT2D eigenvalue weighted by Crippen LogP contribution is 2.29. The molecule has 0 saturated heterocycles. The van der Waals surface area contributed by atoms with Gasteiger partial charge in [0.1, 0.15) is 11.6 Å². The van der Waals surface area contributed by atoms with E-state index in [1.165, 1.54) is 6.07 Å². The van der Waals surface area contributed by atoms with Crippen LogP contribution in [0.25, 0.3) is 11.4 Å². The van der Waals surface area contributed by atoms with Crippen molar-refractivity contribution < 1.29 is 4.39 Å². The van der Waals surface area contributed by atoms with E-state index in [-0.39, 0.29) is 5.82 Å². The molecular formula is C16H13ClFN3. The van der Waals surface area contributed by atoms with E-state index in [2.05, 4.69) is 4.98 Å². The minimum absolute atomic E-state index is 0.319. The van der Waals surface area contributed by atoms with Gasteiger partial charge in [-0.15, -0.1) is 0 Å². The summed E-state index contributed by atoms with van der Waals surface area (Å²) < 4.78 is 15.9. The predicted molar refractivity (Wildman–Crippen MR) is 82.6 cm³/mol. The zero-order valence-corrected chi connectivity index (χ0v) is 11.9. The lowest BCUT2D eigenvalue weighted by molar-refractivity contribution is 0.628. The van der Waals surface area contributed by atoms with Crippen molar-refractivity contribution in [2.75, 3.05) is 5.73 Å². The van der Waals surface area contributed by atoms with Gasteiger partial charge in [0.15, 0.2) is 0 Å². The average molecular weight is 302 g/mol. The molecule has 0 aliphatic carbocycles. The van der Waals surface area contributed by atoms with Crippen molar-refractivity contribution in [3.05, 3.63) is 71.3 Å². The molecule has 1 heterocycles. The number of nitrogens with two attached hydrogens (primary N) is 1. The highest BCUT2D eigenvalue weighted by molar-refractivity contribution is 6.33. The summed E-state index contributed by atoms with van der Waals surface area (Å²) >= 11 is 6.11. The fourth-order valence-electron chi connectivity index (χ4n) is 2.20. The maximum absolute atomic E-state index is 14.0. The molecule has 0 aliphatic heterocycles. The second-order valence-corrected chi connectivity index (χ2v) is 5.12. The summed E-state index contributed by atoms with van der Waals surface area (Å²) in [5, 5.41) is 0.347. The number of benzene rings is 2. The summed E-state index contributed by atoms with van der Waals surface area (Å²) in [6.45, 7) is 0.570. The van der Waals surface area contributed by atoms with Crippen LogP contribution in [0, 0.1) is 5.82 Å². The van der Waals surface area contributed by atoms with Crippen LogP contribution in [0.5, 0.6) is 0 Å². The van der Waals surface area contributed by atoms with E-state index in [4.69, 9.17) is 17.3 Å². The van der Waals surface area contributed by atoms with Crippen LogP contribution in [-0.2, 0) is 6.54 Å². The predicted octanol–water partition coefficient (Wildman–Crippen LogP) is 3.97. The summed E-state index contributed by atoms with van der Waals surface area (Å²) in [5.41, 5.74) is 7.76. The number of halogens is 2. The SMILES string of the molecule is Nc1ccc(Cn2ccnc2-c2c(F)cccc2Cl)cc1. The van der Waals surface area contributed by atoms with Gasteiger partial charge in [0.05, 0.1) is 10.6 Å². The highest BCUT2D eigenvalue weighted by atomic mass is 35.5. The van der Waals surface area contributed by atoms with Crippen molar-refractivity contribution in [2.45, 2.75) is 6.54 Å². The molecule has 0 radical (unpaired) electrons. The maximum Gasteiger partial charge on any atom is 0.144 e. The summed E-state index contributed by atoms with van der Waals surface area (Å²) in [7, 11) is 0. The molecule has 0 fully saturated rings. The van der Waals surface area contributed by atoms with Gasteiger partial charge >= 0.3 is 0 Å². The molecule has 0 spiro atoms. The summed E-state index contributed by atoms with van der Waals surface area (Å²) in [5.74, 6) is 0.127. The van der Waals surface area contributed by atoms with Crippen molar-refractivity contribution in [2.24, 2.45) is 0 Å². The van der Waals surface area contributed by atoms with E-state index >= 15 is 0 Å². The third-order valence-electron chi connectivity index (χ3n) is 3.23. The molecule has 3 aromatic rings. The Hall–Kier alpha value is -2.33. The first kappa shape index (κ1) is 13.6. The fraction of sp³-hybridized carbons (Fsp3) is 0.0625. The van der Waals surface area contributed by atoms with Gasteiger partial charge in [-0.3, -0.25) is 0 Å². The van der Waals surface area contributed by atoms with Gasteiger partial charge in [0, 0.05) is 24.6 Å². The van der Waals surface area contributed by atoms with E-state index in [1.807, 2.05) is 28.8 Å². The zero-order valence-electron chi connectivity index (χ0n) is 11.1. The van der Waals surface area contributed by atoms with Gasteiger partial charge in [0.25, 0.3) is 0 Å². The third kappa shape index (κ3) is 2.76. The molecule has 21 heavy (non-hydrogen) atoms. The van der Waals surface area contributed by atoms with Crippen molar-refractivity contribution in [1.29, 1.82) is 0 Å². The fourth-order valence-corrected chi connectivity index (χ4v) is 2.44. The summed E-state index contributed by atoms with van der Waals surface area (Å²) in [6.07, 6.45) is 3.43. The highest BCUT2D eigenvalue weighted by Gasteiger charge is 2.14. The van der Waals surface area contributed by atoms with E-state index < -0.39 is 0 Å². The van der Waals surface area contributed by atoms with Crippen molar-refractivity contribution >= 4 is 17.3 Å². The van der Waals surface area contributed by atoms with Crippen LogP contribution in [0.15, 0.2) is 54.9 Å². The third-order valence-corrected chi connectivity index (χ3v) is 3.55. The zero-order chi connectivity index (χ0) is 14.8. The molecule has 5 heteroatoms. The number of aromatic nitrogens is 2. The molecule has 2 N–H and O–H groups in total. The van der Waals surface area contributed by atoms with Crippen LogP contribution in [0.1, 0.15) is 5.56 Å². The first-order valence-electron chi connectivity index (χ1n) is 6.45. The molecule has 3 rings (SSSR count). The number of hydrogen-bond donors (Lipinski definition) is 1. The van der Waals surface area contributed by atoms with Gasteiger partial charge in [-0.05, 0) is 29.8 Å². The van der Waals surface area contributed by atoms with Gasteiger partial charge < -0.3 is 10.3 Å². The smallest absolute Gasteiger partial charge is 0.144 e. The second kappa shape index (κ2) is 5.58. The lowest BCUT2D eigenvalue weighted by atomic mass is 10.1. The molecule has 1 aromatic heterocycles. The molecule has 2 aromatic carbocycles. The van der Waals surface area contributed by atoms with Crippen molar-refractivity contribution in [3.63, 3.8) is 0 Å². The number of rotatable bonds is 3. The summed E-state index contributed by atoms with van der Waals surface area (Å²) in [6, 6.07) is 12.1. The molecule has 0 unspecified atom stereocenters. The average Bonchev–Trinajstić information content (AvgIpc) is 2.89. The van der Waals surface area contributed by atoms with E-state index in [1.54, 1.807) is 24.5 Å². The van der Waals surface area contributed by atoms with Crippen LogP contribution < -0.4 is 5.73 Å². The van der Waals surface area contributed by atoms with Crippen LogP contribution in [0.4, 0.5) is 10.1 Å². The van der Waals surface area contributed by atoms with Crippen LogP contribution in [0.3, 0.4) is 0 Å². The van der Waals surface area contributed by atoms with Gasteiger partial charge in [-0.25, -0.2) is 9.37 Å². The Kier molecular flexibility index (Phi) is 3.62. The Morgan fingerprint density at radius 1 is 1.14 bits per heavy atom. The quantitative estimate of drug-likeness (QED) is 0.744. The van der Waals surface area contributed by atoms with Crippen LogP contribution in [-0.4, -0.2) is 9.55 Å². The van der Waals surface area contributed by atoms with Crippen LogP contribution >= 0.6 is 11.6 Å². The topological polar surface area (TPSA) is 43.8 Å². The Morgan fingerprint density at radius 2 is 1.90 bits per heavy atom. The van der Waals surface area contributed by atoms with Crippen molar-refractivity contribution in [3.8, 4) is 11.4 Å². The molecule has 0 aliphatic rings. The van der Waals surface area contributed by atoms with Gasteiger partial charge in [-0.1, -0.05) is 29.8 Å². The van der Waals surface area contributed by atoms with E-state index in [0.717, 1.165) is 5.56 Å². The van der Waals surface area contributed by atoms with E-state index in [9.17, 15) is 4.39 Å². The first-order chi connectivity index (χ1) is 10.1. The standard InChI is InChI=1S/C16H13ClFN3/c17-13-2-1-3-14(18)15(13)16-20-8-9-21(16)10-11-4-6-12(19)7-5-11/h1-9H,10,19H2. The molecule has 106 valence electrons. The second-order valence-electron chi connectivity index (χ2n) is 4.72. The first-order valence-corrected chi connectivity index (χ1v) is 6.83. The number of imidazole rings is 1. The molecule has 3 nitrogen and oxygen atoms in total. The molecule has 0 bridgehead atoms. The number of nitrogen functional groups attached to an aromatic ring is 1. The number of hydrogen-bond acceptors (Lipinski definition) is 2. The van der Waals surface area contributed by atoms with E-state index in [0.29, 0.717) is 28.6 Å². The summed E-state index contributed by atoms with van der Waals surface area (Å²) in [4.78, 5) is 4.24. The Balaban J connectivity index is 2.00. The lowest BCUT2D eigenvalue weighted by Gasteiger charge is -2.10. The van der Waals surface area contributed by atoms with Gasteiger partial charge in [-0.2, -0.15) is 0 Å². The number of anilines is 1. The number of nitrogens with zero attached hydrogens (tertiary/aromatic N) is 2. The largest absolute Gasteiger partial charge is 0.399 e. The normalized spacial score (nSPS) is 10.8. The van der Waals surface area contributed by atoms with Crippen molar-refractivity contribution in [1.82, 2.24) is 9.55 Å². The minimum Gasteiger partial charge on any atom is -0.399 e. The molecule has 0 atom stereocenters. The Bertz CT molecular complexity index is 745. The lowest BCUT2D eigenvalue weighted by Crippen LogP contribution is -2.02. The Morgan fingerprint density at radius 3 is 2.62 bits per heavy atom. The molecule has 0 saturated carbocycles. The maximum atomic E-state index is 14.0. The minimum atomic E-state index is -0.382. The molecule has 0 amide bonds. The van der Waals surface area contributed by atoms with Crippen LogP contribution in [0.2, 0.25) is 5.02 Å². The monoisotopic (exact) mass is 301 g/mol. The molecular weight excluding hydrogens is 289 g/mol. The Labute approximate surface area is 126 Å².